The number of benzene rings is 1. The average molecular weight is 325 g/mol. The van der Waals surface area contributed by atoms with Crippen molar-refractivity contribution in [1.82, 2.24) is 14.3 Å². The van der Waals surface area contributed by atoms with Crippen molar-refractivity contribution in [2.24, 2.45) is 0 Å². The van der Waals surface area contributed by atoms with E-state index < -0.39 is 0 Å². The fourth-order valence-corrected chi connectivity index (χ4v) is 2.40. The van der Waals surface area contributed by atoms with Gasteiger partial charge in [0.2, 0.25) is 0 Å². The molecule has 0 spiro atoms. The molecule has 124 valence electrons. The number of fused-ring (bicyclic) bond motifs is 1. The lowest BCUT2D eigenvalue weighted by atomic mass is 10.2. The molecular weight excluding hydrogens is 306 g/mol. The second-order valence-corrected chi connectivity index (χ2v) is 5.47. The summed E-state index contributed by atoms with van der Waals surface area (Å²) < 4.78 is 7.69. The van der Waals surface area contributed by atoms with Crippen molar-refractivity contribution in [3.8, 4) is 5.75 Å². The lowest BCUT2D eigenvalue weighted by Gasteiger charge is -2.16. The monoisotopic (exact) mass is 325 g/mol. The third kappa shape index (κ3) is 3.55. The Morgan fingerprint density at radius 1 is 1.29 bits per heavy atom. The van der Waals surface area contributed by atoms with Gasteiger partial charge < -0.3 is 19.1 Å². The van der Waals surface area contributed by atoms with Crippen molar-refractivity contribution < 1.29 is 14.6 Å². The zero-order chi connectivity index (χ0) is 16.9. The predicted octanol–water partition coefficient (Wildman–Crippen LogP) is 1.98. The van der Waals surface area contributed by atoms with Crippen molar-refractivity contribution in [1.29, 1.82) is 0 Å². The van der Waals surface area contributed by atoms with Gasteiger partial charge in [-0.2, -0.15) is 0 Å². The number of likely N-dealkylation sites (N-methyl/N-ethyl adjacent to an activating group) is 1. The predicted molar refractivity (Wildman–Crippen MR) is 90.0 cm³/mol. The minimum atomic E-state index is -0.151. The quantitative estimate of drug-likeness (QED) is 0.752. The molecule has 0 bridgehead atoms. The average Bonchev–Trinajstić information content (AvgIpc) is 3.03. The molecule has 0 aliphatic rings. The molecule has 1 amide bonds. The number of rotatable bonds is 6. The van der Waals surface area contributed by atoms with Gasteiger partial charge in [0, 0.05) is 31.5 Å². The molecule has 1 aromatic carbocycles. The van der Waals surface area contributed by atoms with Crippen molar-refractivity contribution in [3.05, 3.63) is 66.1 Å². The van der Waals surface area contributed by atoms with Gasteiger partial charge in [0.25, 0.3) is 5.91 Å². The van der Waals surface area contributed by atoms with Gasteiger partial charge in [-0.1, -0.05) is 12.1 Å². The number of aliphatic hydroxyl groups excluding tert-OH is 1. The van der Waals surface area contributed by atoms with Crippen molar-refractivity contribution >= 4 is 11.6 Å². The fraction of sp³-hybridized carbons (Fsp3) is 0.222. The Morgan fingerprint density at radius 2 is 2.17 bits per heavy atom. The van der Waals surface area contributed by atoms with E-state index in [1.807, 2.05) is 35.0 Å². The lowest BCUT2D eigenvalue weighted by Crippen LogP contribution is -2.29. The smallest absolute Gasteiger partial charge is 0.253 e. The molecule has 0 radical (unpaired) electrons. The maximum absolute atomic E-state index is 12.2. The minimum absolute atomic E-state index is 0.0632. The molecule has 1 N–H and O–H groups in total. The molecule has 2 aromatic heterocycles. The molecule has 0 unspecified atom stereocenters. The van der Waals surface area contributed by atoms with Gasteiger partial charge in [0.15, 0.2) is 0 Å². The summed E-state index contributed by atoms with van der Waals surface area (Å²) in [6.07, 6.45) is 3.85. The number of hydrogen-bond acceptors (Lipinski definition) is 4. The van der Waals surface area contributed by atoms with Crippen LogP contribution in [0.5, 0.6) is 5.75 Å². The van der Waals surface area contributed by atoms with E-state index in [0.717, 1.165) is 11.3 Å². The Kier molecular flexibility index (Phi) is 4.77. The maximum Gasteiger partial charge on any atom is 0.253 e. The highest BCUT2D eigenvalue weighted by molar-refractivity contribution is 5.94. The number of imidazole rings is 1. The summed E-state index contributed by atoms with van der Waals surface area (Å²) >= 11 is 0. The van der Waals surface area contributed by atoms with Crippen LogP contribution in [0.4, 0.5) is 0 Å². The van der Waals surface area contributed by atoms with E-state index in [0.29, 0.717) is 24.5 Å². The summed E-state index contributed by atoms with van der Waals surface area (Å²) in [5.41, 5.74) is 2.21. The highest BCUT2D eigenvalue weighted by atomic mass is 16.5. The van der Waals surface area contributed by atoms with Crippen LogP contribution in [0.1, 0.15) is 16.1 Å². The van der Waals surface area contributed by atoms with Crippen LogP contribution < -0.4 is 4.74 Å². The first kappa shape index (κ1) is 16.0. The minimum Gasteiger partial charge on any atom is -0.487 e. The number of amides is 1. The number of aromatic nitrogens is 2. The van der Waals surface area contributed by atoms with E-state index in [4.69, 9.17) is 9.84 Å². The molecule has 3 aromatic rings. The Balaban J connectivity index is 1.69. The molecule has 0 fully saturated rings. The van der Waals surface area contributed by atoms with Gasteiger partial charge in [-0.15, -0.1) is 0 Å². The molecule has 0 saturated carbocycles. The number of nitrogens with zero attached hydrogens (tertiary/aromatic N) is 3. The second-order valence-electron chi connectivity index (χ2n) is 5.47. The first-order chi connectivity index (χ1) is 11.7. The lowest BCUT2D eigenvalue weighted by molar-refractivity contribution is 0.0766. The molecule has 2 heterocycles. The van der Waals surface area contributed by atoms with Crippen LogP contribution in [0.15, 0.2) is 54.9 Å². The van der Waals surface area contributed by atoms with E-state index in [2.05, 4.69) is 4.98 Å². The Bertz CT molecular complexity index is 811. The molecule has 0 aliphatic carbocycles. The second kappa shape index (κ2) is 7.14. The largest absolute Gasteiger partial charge is 0.487 e. The molecular formula is C18H19N3O3. The Morgan fingerprint density at radius 3 is 2.96 bits per heavy atom. The van der Waals surface area contributed by atoms with E-state index >= 15 is 0 Å². The Hall–Kier alpha value is -2.86. The number of ether oxygens (including phenoxy) is 1. The van der Waals surface area contributed by atoms with Gasteiger partial charge in [-0.05, 0) is 30.3 Å². The van der Waals surface area contributed by atoms with Crippen molar-refractivity contribution in [2.45, 2.75) is 6.61 Å². The summed E-state index contributed by atoms with van der Waals surface area (Å²) in [6.45, 7) is 0.559. The topological polar surface area (TPSA) is 67.1 Å². The van der Waals surface area contributed by atoms with Gasteiger partial charge >= 0.3 is 0 Å². The van der Waals surface area contributed by atoms with E-state index in [1.54, 1.807) is 31.3 Å². The van der Waals surface area contributed by atoms with Crippen LogP contribution >= 0.6 is 0 Å². The van der Waals surface area contributed by atoms with Crippen LogP contribution in [0.25, 0.3) is 5.65 Å². The normalized spacial score (nSPS) is 10.8. The first-order valence-electron chi connectivity index (χ1n) is 7.69. The number of aliphatic hydroxyl groups is 1. The molecule has 3 rings (SSSR count). The summed E-state index contributed by atoms with van der Waals surface area (Å²) in [5, 5.41) is 8.93. The van der Waals surface area contributed by atoms with E-state index in [-0.39, 0.29) is 12.5 Å². The van der Waals surface area contributed by atoms with Crippen molar-refractivity contribution in [3.63, 3.8) is 0 Å². The maximum atomic E-state index is 12.2. The molecule has 0 saturated heterocycles. The zero-order valence-corrected chi connectivity index (χ0v) is 13.4. The number of hydrogen-bond donors (Lipinski definition) is 1. The highest BCUT2D eigenvalue weighted by Gasteiger charge is 2.12. The van der Waals surface area contributed by atoms with Crippen LogP contribution in [0.3, 0.4) is 0 Å². The first-order valence-corrected chi connectivity index (χ1v) is 7.69. The van der Waals surface area contributed by atoms with Gasteiger partial charge in [-0.25, -0.2) is 4.98 Å². The fourth-order valence-electron chi connectivity index (χ4n) is 2.40. The number of carbonyl (C=O) groups is 1. The van der Waals surface area contributed by atoms with Crippen LogP contribution in [0, 0.1) is 0 Å². The van der Waals surface area contributed by atoms with Gasteiger partial charge in [0.1, 0.15) is 18.0 Å². The van der Waals surface area contributed by atoms with Gasteiger partial charge in [0.05, 0.1) is 12.3 Å². The van der Waals surface area contributed by atoms with Crippen molar-refractivity contribution in [2.75, 3.05) is 20.2 Å². The van der Waals surface area contributed by atoms with Crippen LogP contribution in [0.2, 0.25) is 0 Å². The summed E-state index contributed by atoms with van der Waals surface area (Å²) in [4.78, 5) is 18.2. The van der Waals surface area contributed by atoms with Crippen LogP contribution in [-0.2, 0) is 6.61 Å². The number of carbonyl (C=O) groups excluding carboxylic acids is 1. The van der Waals surface area contributed by atoms with E-state index in [1.165, 1.54) is 4.90 Å². The van der Waals surface area contributed by atoms with Gasteiger partial charge in [-0.3, -0.25) is 4.79 Å². The van der Waals surface area contributed by atoms with E-state index in [9.17, 15) is 4.79 Å². The molecule has 0 atom stereocenters. The standard InChI is InChI=1S/C18H19N3O3/c1-20(9-10-22)18(23)14-5-4-6-16(11-14)24-13-15-12-21-8-3-2-7-17(21)19-15/h2-8,11-12,22H,9-10,13H2,1H3. The summed E-state index contributed by atoms with van der Waals surface area (Å²) in [6, 6.07) is 12.8. The summed E-state index contributed by atoms with van der Waals surface area (Å²) in [5.74, 6) is 0.456. The number of pyridine rings is 1. The summed E-state index contributed by atoms with van der Waals surface area (Å²) in [7, 11) is 1.66. The van der Waals surface area contributed by atoms with Crippen LogP contribution in [-0.4, -0.2) is 45.5 Å². The third-order valence-electron chi connectivity index (χ3n) is 3.66. The zero-order valence-electron chi connectivity index (χ0n) is 13.4. The molecule has 24 heavy (non-hydrogen) atoms. The molecule has 6 nitrogen and oxygen atoms in total. The SMILES string of the molecule is CN(CCO)C(=O)c1cccc(OCc2cn3ccccc3n2)c1. The highest BCUT2D eigenvalue weighted by Crippen LogP contribution is 2.16. The molecule has 6 heteroatoms. The molecule has 0 aliphatic heterocycles. The third-order valence-corrected chi connectivity index (χ3v) is 3.66. The Labute approximate surface area is 139 Å².